The van der Waals surface area contributed by atoms with Crippen LogP contribution in [0.2, 0.25) is 0 Å². The van der Waals surface area contributed by atoms with Gasteiger partial charge in [0, 0.05) is 12.3 Å². The van der Waals surface area contributed by atoms with E-state index in [1.54, 1.807) is 13.3 Å². The third-order valence-electron chi connectivity index (χ3n) is 3.41. The fourth-order valence-corrected chi connectivity index (χ4v) is 2.26. The van der Waals surface area contributed by atoms with E-state index in [4.69, 9.17) is 10.5 Å². The molecule has 2 N–H and O–H groups in total. The molecule has 0 amide bonds. The summed E-state index contributed by atoms with van der Waals surface area (Å²) in [7, 11) is 1.64. The van der Waals surface area contributed by atoms with Gasteiger partial charge < -0.3 is 15.0 Å². The number of anilines is 1. The Morgan fingerprint density at radius 1 is 1.30 bits per heavy atom. The van der Waals surface area contributed by atoms with Crippen molar-refractivity contribution in [2.75, 3.05) is 12.8 Å². The monoisotopic (exact) mass is 268 g/mol. The Morgan fingerprint density at radius 3 is 2.90 bits per heavy atom. The van der Waals surface area contributed by atoms with E-state index in [1.165, 1.54) is 0 Å². The third-order valence-corrected chi connectivity index (χ3v) is 3.41. The van der Waals surface area contributed by atoms with Crippen LogP contribution in [-0.2, 0) is 6.54 Å². The molecule has 0 radical (unpaired) electrons. The van der Waals surface area contributed by atoms with E-state index in [9.17, 15) is 0 Å². The lowest BCUT2D eigenvalue weighted by atomic mass is 10.2. The van der Waals surface area contributed by atoms with Gasteiger partial charge in [-0.25, -0.2) is 4.98 Å². The zero-order chi connectivity index (χ0) is 14.1. The molecular formula is C15H16N4O. The Labute approximate surface area is 117 Å². The summed E-state index contributed by atoms with van der Waals surface area (Å²) < 4.78 is 7.17. The molecule has 5 nitrogen and oxygen atoms in total. The summed E-state index contributed by atoms with van der Waals surface area (Å²) in [6.07, 6.45) is 1.79. The van der Waals surface area contributed by atoms with Gasteiger partial charge in [-0.3, -0.25) is 4.98 Å². The molecule has 5 heteroatoms. The lowest BCUT2D eigenvalue weighted by molar-refractivity contribution is 0.415. The first kappa shape index (κ1) is 12.5. The molecule has 0 spiro atoms. The van der Waals surface area contributed by atoms with Crippen LogP contribution in [0, 0.1) is 6.92 Å². The third kappa shape index (κ3) is 2.07. The van der Waals surface area contributed by atoms with Crippen LogP contribution >= 0.6 is 0 Å². The van der Waals surface area contributed by atoms with Gasteiger partial charge in [0.05, 0.1) is 30.4 Å². The molecule has 0 unspecified atom stereocenters. The lowest BCUT2D eigenvalue weighted by Gasteiger charge is -2.08. The Hall–Kier alpha value is -2.56. The number of nitrogens with two attached hydrogens (primary N) is 1. The number of rotatable bonds is 3. The van der Waals surface area contributed by atoms with Crippen molar-refractivity contribution in [2.45, 2.75) is 13.5 Å². The number of benzene rings is 1. The van der Waals surface area contributed by atoms with E-state index >= 15 is 0 Å². The minimum atomic E-state index is 0.485. The van der Waals surface area contributed by atoms with Crippen molar-refractivity contribution < 1.29 is 4.74 Å². The first-order valence-corrected chi connectivity index (χ1v) is 6.39. The summed E-state index contributed by atoms with van der Waals surface area (Å²) in [6, 6.07) is 9.73. The highest BCUT2D eigenvalue weighted by molar-refractivity contribution is 5.80. The molecule has 0 aliphatic rings. The Balaban J connectivity index is 2.07. The van der Waals surface area contributed by atoms with Crippen LogP contribution in [0.5, 0.6) is 5.75 Å². The Kier molecular flexibility index (Phi) is 3.02. The maximum atomic E-state index is 6.03. The summed E-state index contributed by atoms with van der Waals surface area (Å²) in [5.41, 5.74) is 9.97. The molecule has 3 rings (SSSR count). The summed E-state index contributed by atoms with van der Waals surface area (Å²) in [6.45, 7) is 2.65. The highest BCUT2D eigenvalue weighted by atomic mass is 16.5. The predicted molar refractivity (Wildman–Crippen MR) is 78.8 cm³/mol. The van der Waals surface area contributed by atoms with Crippen molar-refractivity contribution in [3.8, 4) is 5.75 Å². The molecular weight excluding hydrogens is 252 g/mol. The van der Waals surface area contributed by atoms with Gasteiger partial charge >= 0.3 is 0 Å². The van der Waals surface area contributed by atoms with Crippen molar-refractivity contribution in [2.24, 2.45) is 0 Å². The molecule has 3 aromatic rings. The van der Waals surface area contributed by atoms with Gasteiger partial charge in [0.2, 0.25) is 5.95 Å². The molecule has 0 atom stereocenters. The van der Waals surface area contributed by atoms with Gasteiger partial charge in [-0.1, -0.05) is 6.07 Å². The fraction of sp³-hybridized carbons (Fsp3) is 0.200. The molecule has 2 aromatic heterocycles. The first-order valence-electron chi connectivity index (χ1n) is 6.39. The highest BCUT2D eigenvalue weighted by Gasteiger charge is 2.11. The minimum Gasteiger partial charge on any atom is -0.497 e. The summed E-state index contributed by atoms with van der Waals surface area (Å²) in [4.78, 5) is 8.79. The number of methoxy groups -OCH3 is 1. The maximum absolute atomic E-state index is 6.03. The van der Waals surface area contributed by atoms with Gasteiger partial charge in [-0.15, -0.1) is 0 Å². The molecule has 0 saturated carbocycles. The maximum Gasteiger partial charge on any atom is 0.201 e. The van der Waals surface area contributed by atoms with E-state index < -0.39 is 0 Å². The molecule has 0 saturated heterocycles. The van der Waals surface area contributed by atoms with Gasteiger partial charge in [-0.05, 0) is 30.7 Å². The second-order valence-corrected chi connectivity index (χ2v) is 4.68. The number of pyridine rings is 1. The summed E-state index contributed by atoms with van der Waals surface area (Å²) in [5, 5.41) is 0. The zero-order valence-corrected chi connectivity index (χ0v) is 11.5. The standard InChI is InChI=1S/C15H16N4O/c1-10-4-3-7-17-13(10)9-19-14-6-5-11(20-2)8-12(14)18-15(19)16/h3-8H,9H2,1-2H3,(H2,16,18). The molecule has 0 aliphatic carbocycles. The average Bonchev–Trinajstić information content (AvgIpc) is 2.76. The number of hydrogen-bond acceptors (Lipinski definition) is 4. The number of aromatic nitrogens is 3. The lowest BCUT2D eigenvalue weighted by Crippen LogP contribution is -2.07. The molecule has 102 valence electrons. The average molecular weight is 268 g/mol. The van der Waals surface area contributed by atoms with Crippen molar-refractivity contribution in [1.29, 1.82) is 0 Å². The van der Waals surface area contributed by atoms with Crippen LogP contribution in [0.25, 0.3) is 11.0 Å². The topological polar surface area (TPSA) is 66.0 Å². The van der Waals surface area contributed by atoms with E-state index in [1.807, 2.05) is 41.8 Å². The molecule has 20 heavy (non-hydrogen) atoms. The van der Waals surface area contributed by atoms with Crippen molar-refractivity contribution >= 4 is 17.0 Å². The van der Waals surface area contributed by atoms with E-state index in [0.29, 0.717) is 12.5 Å². The van der Waals surface area contributed by atoms with Crippen molar-refractivity contribution in [3.63, 3.8) is 0 Å². The van der Waals surface area contributed by atoms with Crippen LogP contribution in [0.4, 0.5) is 5.95 Å². The molecule has 1 aromatic carbocycles. The second-order valence-electron chi connectivity index (χ2n) is 4.68. The van der Waals surface area contributed by atoms with Crippen molar-refractivity contribution in [3.05, 3.63) is 47.8 Å². The van der Waals surface area contributed by atoms with E-state index in [0.717, 1.165) is 28.0 Å². The van der Waals surface area contributed by atoms with Crippen LogP contribution < -0.4 is 10.5 Å². The SMILES string of the molecule is COc1ccc2c(c1)nc(N)n2Cc1ncccc1C. The van der Waals surface area contributed by atoms with Gasteiger partial charge in [-0.2, -0.15) is 0 Å². The van der Waals surface area contributed by atoms with Crippen LogP contribution in [0.15, 0.2) is 36.5 Å². The number of aryl methyl sites for hydroxylation is 1. The van der Waals surface area contributed by atoms with E-state index in [2.05, 4.69) is 9.97 Å². The van der Waals surface area contributed by atoms with Crippen LogP contribution in [-0.4, -0.2) is 21.6 Å². The van der Waals surface area contributed by atoms with Gasteiger partial charge in [0.25, 0.3) is 0 Å². The number of nitrogens with zero attached hydrogens (tertiary/aromatic N) is 3. The Bertz CT molecular complexity index is 764. The molecule has 2 heterocycles. The number of nitrogen functional groups attached to an aromatic ring is 1. The largest absolute Gasteiger partial charge is 0.497 e. The molecule has 0 fully saturated rings. The first-order chi connectivity index (χ1) is 9.69. The number of hydrogen-bond donors (Lipinski definition) is 1. The predicted octanol–water partition coefficient (Wildman–Crippen LogP) is 2.38. The number of imidazole rings is 1. The zero-order valence-electron chi connectivity index (χ0n) is 11.5. The summed E-state index contributed by atoms with van der Waals surface area (Å²) >= 11 is 0. The molecule has 0 aliphatic heterocycles. The summed E-state index contributed by atoms with van der Waals surface area (Å²) in [5.74, 6) is 1.26. The number of fused-ring (bicyclic) bond motifs is 1. The Morgan fingerprint density at radius 2 is 2.15 bits per heavy atom. The number of ether oxygens (including phenoxy) is 1. The van der Waals surface area contributed by atoms with Crippen molar-refractivity contribution in [1.82, 2.24) is 14.5 Å². The highest BCUT2D eigenvalue weighted by Crippen LogP contribution is 2.23. The quantitative estimate of drug-likeness (QED) is 0.792. The minimum absolute atomic E-state index is 0.485. The normalized spacial score (nSPS) is 10.9. The fourth-order valence-electron chi connectivity index (χ4n) is 2.26. The smallest absolute Gasteiger partial charge is 0.201 e. The van der Waals surface area contributed by atoms with Crippen LogP contribution in [0.1, 0.15) is 11.3 Å². The van der Waals surface area contributed by atoms with Gasteiger partial charge in [0.1, 0.15) is 5.75 Å². The molecule has 0 bridgehead atoms. The van der Waals surface area contributed by atoms with E-state index in [-0.39, 0.29) is 0 Å². The van der Waals surface area contributed by atoms with Gasteiger partial charge in [0.15, 0.2) is 0 Å². The second kappa shape index (κ2) is 4.85. The van der Waals surface area contributed by atoms with Crippen LogP contribution in [0.3, 0.4) is 0 Å².